The van der Waals surface area contributed by atoms with Crippen molar-refractivity contribution in [3.05, 3.63) is 29.8 Å². The summed E-state index contributed by atoms with van der Waals surface area (Å²) in [4.78, 5) is 0. The van der Waals surface area contributed by atoms with Gasteiger partial charge in [0.1, 0.15) is 5.75 Å². The van der Waals surface area contributed by atoms with E-state index in [9.17, 15) is 0 Å². The molecule has 1 rings (SSSR count). The van der Waals surface area contributed by atoms with Crippen molar-refractivity contribution >= 4 is 0 Å². The molecule has 2 nitrogen and oxygen atoms in total. The van der Waals surface area contributed by atoms with Crippen molar-refractivity contribution in [2.45, 2.75) is 39.3 Å². The molecule has 0 amide bonds. The quantitative estimate of drug-likeness (QED) is 0.728. The molecule has 0 aromatic heterocycles. The zero-order valence-electron chi connectivity index (χ0n) is 10.7. The van der Waals surface area contributed by atoms with Crippen LogP contribution in [0.3, 0.4) is 0 Å². The van der Waals surface area contributed by atoms with Crippen molar-refractivity contribution in [2.24, 2.45) is 0 Å². The highest BCUT2D eigenvalue weighted by Crippen LogP contribution is 2.17. The van der Waals surface area contributed by atoms with Gasteiger partial charge < -0.3 is 4.74 Å². The third-order valence-corrected chi connectivity index (χ3v) is 2.59. The van der Waals surface area contributed by atoms with Crippen LogP contribution in [0, 0.1) is 12.3 Å². The molecule has 1 aromatic rings. The number of rotatable bonds is 7. The van der Waals surface area contributed by atoms with E-state index in [2.05, 4.69) is 24.2 Å². The van der Waals surface area contributed by atoms with Crippen LogP contribution in [-0.2, 0) is 6.54 Å². The molecule has 1 N–H and O–H groups in total. The summed E-state index contributed by atoms with van der Waals surface area (Å²) in [5.74, 6) is 3.71. The molecule has 0 saturated heterocycles. The van der Waals surface area contributed by atoms with E-state index in [4.69, 9.17) is 11.2 Å². The molecule has 0 aliphatic heterocycles. The molecular weight excluding hydrogens is 210 g/mol. The van der Waals surface area contributed by atoms with Crippen LogP contribution in [-0.4, -0.2) is 12.6 Å². The van der Waals surface area contributed by atoms with Gasteiger partial charge in [-0.2, -0.15) is 0 Å². The molecule has 0 aliphatic carbocycles. The summed E-state index contributed by atoms with van der Waals surface area (Å²) in [6, 6.07) is 8.21. The highest BCUT2D eigenvalue weighted by atomic mass is 16.5. The van der Waals surface area contributed by atoms with Gasteiger partial charge in [0.25, 0.3) is 0 Å². The fraction of sp³-hybridized carbons (Fsp3) is 0.467. The summed E-state index contributed by atoms with van der Waals surface area (Å²) in [5, 5.41) is 3.37. The zero-order chi connectivity index (χ0) is 12.5. The predicted octanol–water partition coefficient (Wildman–Crippen LogP) is 2.98. The van der Waals surface area contributed by atoms with Gasteiger partial charge in [0.2, 0.25) is 0 Å². The Morgan fingerprint density at radius 1 is 1.35 bits per heavy atom. The molecule has 1 atom stereocenters. The lowest BCUT2D eigenvalue weighted by atomic mass is 10.1. The van der Waals surface area contributed by atoms with E-state index in [-0.39, 0.29) is 6.04 Å². The lowest BCUT2D eigenvalue weighted by Crippen LogP contribution is -2.27. The normalized spacial score (nSPS) is 11.8. The van der Waals surface area contributed by atoms with Crippen LogP contribution in [0.15, 0.2) is 24.3 Å². The third kappa shape index (κ3) is 4.50. The van der Waals surface area contributed by atoms with Gasteiger partial charge in [-0.15, -0.1) is 6.42 Å². The van der Waals surface area contributed by atoms with Crippen molar-refractivity contribution in [3.8, 4) is 18.1 Å². The first-order valence-electron chi connectivity index (χ1n) is 6.22. The Hall–Kier alpha value is -1.46. The number of hydrogen-bond donors (Lipinski definition) is 1. The first kappa shape index (κ1) is 13.6. The SMILES string of the molecule is C#CC(CCC)NCc1ccccc1OCC. The summed E-state index contributed by atoms with van der Waals surface area (Å²) in [6.07, 6.45) is 7.58. The largest absolute Gasteiger partial charge is 0.494 e. The standard InChI is InChI=1S/C15H21NO/c1-4-9-14(5-2)16-12-13-10-7-8-11-15(13)17-6-3/h2,7-8,10-11,14,16H,4,6,9,12H2,1,3H3. The number of terminal acetylenes is 1. The van der Waals surface area contributed by atoms with Crippen molar-refractivity contribution in [1.29, 1.82) is 0 Å². The van der Waals surface area contributed by atoms with E-state index in [0.29, 0.717) is 6.61 Å². The minimum atomic E-state index is 0.148. The molecule has 0 fully saturated rings. The van der Waals surface area contributed by atoms with Crippen LogP contribution >= 0.6 is 0 Å². The summed E-state index contributed by atoms with van der Waals surface area (Å²) < 4.78 is 5.57. The molecule has 0 saturated carbocycles. The first-order valence-corrected chi connectivity index (χ1v) is 6.22. The van der Waals surface area contributed by atoms with Crippen LogP contribution in [0.2, 0.25) is 0 Å². The van der Waals surface area contributed by atoms with E-state index in [1.807, 2.05) is 25.1 Å². The molecule has 0 heterocycles. The second-order valence-electron chi connectivity index (χ2n) is 3.93. The van der Waals surface area contributed by atoms with E-state index in [0.717, 1.165) is 30.7 Å². The third-order valence-electron chi connectivity index (χ3n) is 2.59. The molecule has 92 valence electrons. The fourth-order valence-corrected chi connectivity index (χ4v) is 1.71. The second-order valence-corrected chi connectivity index (χ2v) is 3.93. The van der Waals surface area contributed by atoms with Crippen LogP contribution in [0.4, 0.5) is 0 Å². The summed E-state index contributed by atoms with van der Waals surface area (Å²) >= 11 is 0. The van der Waals surface area contributed by atoms with Crippen molar-refractivity contribution < 1.29 is 4.74 Å². The average molecular weight is 231 g/mol. The maximum atomic E-state index is 5.57. The van der Waals surface area contributed by atoms with Gasteiger partial charge in [0.05, 0.1) is 12.6 Å². The van der Waals surface area contributed by atoms with Crippen molar-refractivity contribution in [3.63, 3.8) is 0 Å². The van der Waals surface area contributed by atoms with E-state index in [1.165, 1.54) is 0 Å². The highest BCUT2D eigenvalue weighted by Gasteiger charge is 2.06. The van der Waals surface area contributed by atoms with Crippen molar-refractivity contribution in [1.82, 2.24) is 5.32 Å². The Morgan fingerprint density at radius 3 is 2.76 bits per heavy atom. The molecule has 2 heteroatoms. The van der Waals surface area contributed by atoms with Gasteiger partial charge in [0.15, 0.2) is 0 Å². The molecule has 0 aliphatic rings. The molecule has 1 aromatic carbocycles. The smallest absolute Gasteiger partial charge is 0.123 e. The lowest BCUT2D eigenvalue weighted by Gasteiger charge is -2.14. The van der Waals surface area contributed by atoms with Crippen LogP contribution in [0.1, 0.15) is 32.3 Å². The minimum Gasteiger partial charge on any atom is -0.494 e. The molecule has 1 unspecified atom stereocenters. The number of para-hydroxylation sites is 1. The Kier molecular flexibility index (Phi) is 6.21. The molecule has 0 radical (unpaired) electrons. The summed E-state index contributed by atoms with van der Waals surface area (Å²) in [6.45, 7) is 5.57. The number of benzene rings is 1. The number of hydrogen-bond acceptors (Lipinski definition) is 2. The molecule has 0 spiro atoms. The Labute approximate surface area is 104 Å². The Bertz CT molecular complexity index is 367. The maximum absolute atomic E-state index is 5.57. The van der Waals surface area contributed by atoms with Gasteiger partial charge in [-0.25, -0.2) is 0 Å². The molecule has 0 bridgehead atoms. The van der Waals surface area contributed by atoms with Gasteiger partial charge in [-0.1, -0.05) is 37.5 Å². The Balaban J connectivity index is 2.59. The van der Waals surface area contributed by atoms with Gasteiger partial charge in [-0.3, -0.25) is 5.32 Å². The van der Waals surface area contributed by atoms with Crippen LogP contribution < -0.4 is 10.1 Å². The van der Waals surface area contributed by atoms with Gasteiger partial charge >= 0.3 is 0 Å². The summed E-state index contributed by atoms with van der Waals surface area (Å²) in [7, 11) is 0. The zero-order valence-corrected chi connectivity index (χ0v) is 10.7. The van der Waals surface area contributed by atoms with E-state index in [1.54, 1.807) is 0 Å². The van der Waals surface area contributed by atoms with Gasteiger partial charge in [0, 0.05) is 12.1 Å². The monoisotopic (exact) mass is 231 g/mol. The second kappa shape index (κ2) is 7.76. The van der Waals surface area contributed by atoms with Gasteiger partial charge in [-0.05, 0) is 19.4 Å². The van der Waals surface area contributed by atoms with Crippen molar-refractivity contribution in [2.75, 3.05) is 6.61 Å². The van der Waals surface area contributed by atoms with Crippen LogP contribution in [0.5, 0.6) is 5.75 Å². The Morgan fingerprint density at radius 2 is 2.12 bits per heavy atom. The number of ether oxygens (including phenoxy) is 1. The molecular formula is C15H21NO. The summed E-state index contributed by atoms with van der Waals surface area (Å²) in [5.41, 5.74) is 1.16. The fourth-order valence-electron chi connectivity index (χ4n) is 1.71. The maximum Gasteiger partial charge on any atom is 0.123 e. The topological polar surface area (TPSA) is 21.3 Å². The lowest BCUT2D eigenvalue weighted by molar-refractivity contribution is 0.335. The van der Waals surface area contributed by atoms with E-state index >= 15 is 0 Å². The highest BCUT2D eigenvalue weighted by molar-refractivity contribution is 5.33. The predicted molar refractivity (Wildman–Crippen MR) is 72.0 cm³/mol. The minimum absolute atomic E-state index is 0.148. The molecule has 17 heavy (non-hydrogen) atoms. The number of nitrogens with one attached hydrogen (secondary N) is 1. The van der Waals surface area contributed by atoms with Crippen LogP contribution in [0.25, 0.3) is 0 Å². The average Bonchev–Trinajstić information content (AvgIpc) is 2.36. The van der Waals surface area contributed by atoms with E-state index < -0.39 is 0 Å². The first-order chi connectivity index (χ1) is 8.31.